The van der Waals surface area contributed by atoms with E-state index in [1.807, 2.05) is 0 Å². The third kappa shape index (κ3) is 3.01. The van der Waals surface area contributed by atoms with Crippen molar-refractivity contribution in [2.45, 2.75) is 37.8 Å². The lowest BCUT2D eigenvalue weighted by molar-refractivity contribution is 0.0864. The van der Waals surface area contributed by atoms with Crippen LogP contribution in [0.4, 0.5) is 4.39 Å². The van der Waals surface area contributed by atoms with Gasteiger partial charge in [0.2, 0.25) is 0 Å². The molecule has 1 aliphatic rings. The van der Waals surface area contributed by atoms with E-state index in [-0.39, 0.29) is 23.3 Å². The van der Waals surface area contributed by atoms with E-state index in [0.29, 0.717) is 31.1 Å². The number of halogens is 1. The van der Waals surface area contributed by atoms with Crippen molar-refractivity contribution in [1.29, 1.82) is 0 Å². The van der Waals surface area contributed by atoms with Crippen molar-refractivity contribution in [2.24, 2.45) is 0 Å². The van der Waals surface area contributed by atoms with E-state index in [4.69, 9.17) is 4.42 Å². The highest BCUT2D eigenvalue weighted by Gasteiger charge is 2.23. The van der Waals surface area contributed by atoms with E-state index in [2.05, 4.69) is 5.32 Å². The van der Waals surface area contributed by atoms with Gasteiger partial charge in [-0.15, -0.1) is 0 Å². The molecule has 0 bridgehead atoms. The Balaban J connectivity index is 1.84. The molecule has 6 heteroatoms. The molecule has 1 saturated carbocycles. The molecule has 0 radical (unpaired) electrons. The minimum absolute atomic E-state index is 0.0708. The number of hydrogen-bond donors (Lipinski definition) is 2. The van der Waals surface area contributed by atoms with Crippen LogP contribution < -0.4 is 10.9 Å². The summed E-state index contributed by atoms with van der Waals surface area (Å²) in [5.74, 6) is -0.990. The van der Waals surface area contributed by atoms with Gasteiger partial charge in [-0.3, -0.25) is 4.79 Å². The maximum absolute atomic E-state index is 13.2. The van der Waals surface area contributed by atoms with Crippen LogP contribution in [0, 0.1) is 5.82 Å². The van der Waals surface area contributed by atoms with E-state index < -0.39 is 17.3 Å². The summed E-state index contributed by atoms with van der Waals surface area (Å²) in [6, 6.07) is 5.04. The molecule has 0 aliphatic heterocycles. The van der Waals surface area contributed by atoms with Crippen LogP contribution in [0.1, 0.15) is 36.0 Å². The van der Waals surface area contributed by atoms with Crippen LogP contribution in [0.2, 0.25) is 0 Å². The summed E-state index contributed by atoms with van der Waals surface area (Å²) in [5.41, 5.74) is -0.639. The van der Waals surface area contributed by atoms with Gasteiger partial charge in [-0.25, -0.2) is 9.18 Å². The number of fused-ring (bicyclic) bond motifs is 1. The zero-order valence-electron chi connectivity index (χ0n) is 11.8. The first kappa shape index (κ1) is 14.7. The van der Waals surface area contributed by atoms with Crippen molar-refractivity contribution in [1.82, 2.24) is 5.32 Å². The Morgan fingerprint density at radius 3 is 2.68 bits per heavy atom. The van der Waals surface area contributed by atoms with Gasteiger partial charge in [-0.2, -0.15) is 0 Å². The summed E-state index contributed by atoms with van der Waals surface area (Å²) < 4.78 is 18.3. The standard InChI is InChI=1S/C16H16FNO4/c17-10-1-6-14-9(7-10)8-13(16(21)22-14)15(20)18-11-2-4-12(19)5-3-11/h1,6-8,11-12,19H,2-5H2,(H,18,20). The Bertz CT molecular complexity index is 762. The second kappa shape index (κ2) is 5.88. The summed E-state index contributed by atoms with van der Waals surface area (Å²) in [6.45, 7) is 0. The zero-order chi connectivity index (χ0) is 15.7. The molecule has 2 aromatic rings. The fourth-order valence-corrected chi connectivity index (χ4v) is 2.74. The average Bonchev–Trinajstić information content (AvgIpc) is 2.49. The molecule has 1 aliphatic carbocycles. The van der Waals surface area contributed by atoms with Gasteiger partial charge in [-0.1, -0.05) is 0 Å². The number of nitrogens with one attached hydrogen (secondary N) is 1. The number of aliphatic hydroxyl groups is 1. The first-order chi connectivity index (χ1) is 10.5. The molecule has 1 fully saturated rings. The Labute approximate surface area is 125 Å². The van der Waals surface area contributed by atoms with Gasteiger partial charge in [0.05, 0.1) is 6.10 Å². The lowest BCUT2D eigenvalue weighted by Crippen LogP contribution is -2.40. The Kier molecular flexibility index (Phi) is 3.94. The van der Waals surface area contributed by atoms with Crippen molar-refractivity contribution >= 4 is 16.9 Å². The smallest absolute Gasteiger partial charge is 0.349 e. The van der Waals surface area contributed by atoms with E-state index >= 15 is 0 Å². The molecule has 0 unspecified atom stereocenters. The van der Waals surface area contributed by atoms with Crippen LogP contribution in [0.25, 0.3) is 11.0 Å². The maximum atomic E-state index is 13.2. The monoisotopic (exact) mass is 305 g/mol. The minimum atomic E-state index is -0.743. The highest BCUT2D eigenvalue weighted by molar-refractivity contribution is 5.96. The molecule has 22 heavy (non-hydrogen) atoms. The number of benzene rings is 1. The van der Waals surface area contributed by atoms with E-state index in [1.165, 1.54) is 24.3 Å². The third-order valence-electron chi connectivity index (χ3n) is 3.97. The Morgan fingerprint density at radius 1 is 1.23 bits per heavy atom. The number of aliphatic hydroxyl groups excluding tert-OH is 1. The first-order valence-electron chi connectivity index (χ1n) is 7.25. The number of carbonyl (C=O) groups is 1. The van der Waals surface area contributed by atoms with E-state index in [1.54, 1.807) is 0 Å². The van der Waals surface area contributed by atoms with Crippen LogP contribution in [-0.4, -0.2) is 23.2 Å². The zero-order valence-corrected chi connectivity index (χ0v) is 11.8. The predicted octanol–water partition coefficient (Wildman–Crippen LogP) is 1.97. The number of amides is 1. The van der Waals surface area contributed by atoms with E-state index in [0.717, 1.165) is 0 Å². The summed E-state index contributed by atoms with van der Waals surface area (Å²) in [6.07, 6.45) is 2.27. The average molecular weight is 305 g/mol. The molecule has 0 saturated heterocycles. The Morgan fingerprint density at radius 2 is 1.95 bits per heavy atom. The largest absolute Gasteiger partial charge is 0.422 e. The number of carbonyl (C=O) groups excluding carboxylic acids is 1. The molecule has 2 N–H and O–H groups in total. The lowest BCUT2D eigenvalue weighted by atomic mass is 9.93. The molecule has 1 heterocycles. The van der Waals surface area contributed by atoms with Crippen LogP contribution in [0.15, 0.2) is 33.5 Å². The van der Waals surface area contributed by atoms with Gasteiger partial charge >= 0.3 is 5.63 Å². The molecular weight excluding hydrogens is 289 g/mol. The molecule has 5 nitrogen and oxygen atoms in total. The normalized spacial score (nSPS) is 21.7. The quantitative estimate of drug-likeness (QED) is 0.831. The first-order valence-corrected chi connectivity index (χ1v) is 7.25. The molecular formula is C16H16FNO4. The minimum Gasteiger partial charge on any atom is -0.422 e. The molecule has 0 atom stereocenters. The highest BCUT2D eigenvalue weighted by Crippen LogP contribution is 2.19. The van der Waals surface area contributed by atoms with E-state index in [9.17, 15) is 19.1 Å². The van der Waals surface area contributed by atoms with Gasteiger partial charge < -0.3 is 14.8 Å². The summed E-state index contributed by atoms with van der Waals surface area (Å²) in [4.78, 5) is 24.1. The number of rotatable bonds is 2. The van der Waals surface area contributed by atoms with Gasteiger partial charge in [0.1, 0.15) is 17.0 Å². The molecule has 1 aromatic heterocycles. The van der Waals surface area contributed by atoms with Crippen molar-refractivity contribution < 1.29 is 18.7 Å². The molecule has 0 spiro atoms. The molecule has 1 amide bonds. The predicted molar refractivity (Wildman–Crippen MR) is 78.2 cm³/mol. The Hall–Kier alpha value is -2.21. The molecule has 116 valence electrons. The summed E-state index contributed by atoms with van der Waals surface area (Å²) in [5, 5.41) is 12.6. The number of hydrogen-bond acceptors (Lipinski definition) is 4. The molecule has 1 aromatic carbocycles. The van der Waals surface area contributed by atoms with Crippen LogP contribution in [-0.2, 0) is 0 Å². The van der Waals surface area contributed by atoms with Crippen LogP contribution in [0.5, 0.6) is 0 Å². The fourth-order valence-electron chi connectivity index (χ4n) is 2.74. The SMILES string of the molecule is O=C(NC1CCC(O)CC1)c1cc2cc(F)ccc2oc1=O. The van der Waals surface area contributed by atoms with Gasteiger partial charge in [0, 0.05) is 11.4 Å². The summed E-state index contributed by atoms with van der Waals surface area (Å²) >= 11 is 0. The van der Waals surface area contributed by atoms with Crippen LogP contribution >= 0.6 is 0 Å². The van der Waals surface area contributed by atoms with Crippen molar-refractivity contribution in [3.8, 4) is 0 Å². The maximum Gasteiger partial charge on any atom is 0.349 e. The second-order valence-corrected chi connectivity index (χ2v) is 5.61. The highest BCUT2D eigenvalue weighted by atomic mass is 19.1. The van der Waals surface area contributed by atoms with Crippen molar-refractivity contribution in [2.75, 3.05) is 0 Å². The van der Waals surface area contributed by atoms with Gasteiger partial charge in [0.15, 0.2) is 0 Å². The van der Waals surface area contributed by atoms with Gasteiger partial charge in [0.25, 0.3) is 5.91 Å². The van der Waals surface area contributed by atoms with Crippen LogP contribution in [0.3, 0.4) is 0 Å². The topological polar surface area (TPSA) is 79.5 Å². The van der Waals surface area contributed by atoms with Crippen molar-refractivity contribution in [3.63, 3.8) is 0 Å². The lowest BCUT2D eigenvalue weighted by Gasteiger charge is -2.26. The fraction of sp³-hybridized carbons (Fsp3) is 0.375. The third-order valence-corrected chi connectivity index (χ3v) is 3.97. The summed E-state index contributed by atoms with van der Waals surface area (Å²) in [7, 11) is 0. The van der Waals surface area contributed by atoms with Crippen molar-refractivity contribution in [3.05, 3.63) is 46.1 Å². The second-order valence-electron chi connectivity index (χ2n) is 5.61. The van der Waals surface area contributed by atoms with Gasteiger partial charge in [-0.05, 0) is 49.9 Å². The molecule has 3 rings (SSSR count).